The van der Waals surface area contributed by atoms with Gasteiger partial charge in [0.05, 0.1) is 17.1 Å². The number of nitrogens with zero attached hydrogens (tertiary/aromatic N) is 3. The van der Waals surface area contributed by atoms with E-state index in [-0.39, 0.29) is 5.56 Å². The molecule has 134 valence electrons. The molecule has 0 aliphatic carbocycles. The Morgan fingerprint density at radius 2 is 1.76 bits per heavy atom. The summed E-state index contributed by atoms with van der Waals surface area (Å²) in [5.41, 5.74) is 1.54. The van der Waals surface area contributed by atoms with Gasteiger partial charge in [0.1, 0.15) is 5.75 Å². The molecule has 0 fully saturated rings. The van der Waals surface area contributed by atoms with E-state index in [0.29, 0.717) is 23.0 Å². The van der Waals surface area contributed by atoms with Crippen LogP contribution in [-0.4, -0.2) is 36.3 Å². The summed E-state index contributed by atoms with van der Waals surface area (Å²) in [6.07, 6.45) is -4.82. The van der Waals surface area contributed by atoms with E-state index in [1.165, 1.54) is 12.1 Å². The molecule has 1 N–H and O–H groups in total. The highest BCUT2D eigenvalue weighted by molar-refractivity contribution is 6.05. The van der Waals surface area contributed by atoms with Crippen molar-refractivity contribution >= 4 is 17.5 Å². The van der Waals surface area contributed by atoms with Crippen LogP contribution < -0.4 is 15.0 Å². The third kappa shape index (κ3) is 4.82. The molecule has 0 radical (unpaired) electrons. The quantitative estimate of drug-likeness (QED) is 0.912. The molecule has 2 rings (SSSR count). The van der Waals surface area contributed by atoms with Gasteiger partial charge in [0.2, 0.25) is 5.95 Å². The number of hydrogen-bond acceptors (Lipinski definition) is 5. The van der Waals surface area contributed by atoms with Crippen LogP contribution in [0.3, 0.4) is 0 Å². The van der Waals surface area contributed by atoms with Gasteiger partial charge in [0.15, 0.2) is 0 Å². The van der Waals surface area contributed by atoms with Crippen LogP contribution in [0, 0.1) is 13.8 Å². The minimum absolute atomic E-state index is 0.0252. The fourth-order valence-corrected chi connectivity index (χ4v) is 2.10. The number of rotatable bonds is 4. The van der Waals surface area contributed by atoms with Crippen LogP contribution >= 0.6 is 0 Å². The van der Waals surface area contributed by atoms with Gasteiger partial charge in [0.25, 0.3) is 5.91 Å². The zero-order valence-corrected chi connectivity index (χ0v) is 14.1. The number of aryl methyl sites for hydroxylation is 2. The molecule has 0 saturated carbocycles. The molecule has 9 heteroatoms. The van der Waals surface area contributed by atoms with Crippen LogP contribution in [0.2, 0.25) is 0 Å². The zero-order valence-electron chi connectivity index (χ0n) is 14.1. The van der Waals surface area contributed by atoms with Crippen LogP contribution in [0.4, 0.5) is 24.8 Å². The van der Waals surface area contributed by atoms with Crippen LogP contribution in [-0.2, 0) is 0 Å². The van der Waals surface area contributed by atoms with Gasteiger partial charge in [-0.15, -0.1) is 13.2 Å². The molecule has 1 heterocycles. The zero-order chi connectivity index (χ0) is 18.8. The van der Waals surface area contributed by atoms with Crippen LogP contribution in [0.25, 0.3) is 0 Å². The van der Waals surface area contributed by atoms with Gasteiger partial charge in [-0.3, -0.25) is 4.79 Å². The first-order chi connectivity index (χ1) is 11.6. The molecule has 0 spiro atoms. The number of hydrogen-bond donors (Lipinski definition) is 1. The highest BCUT2D eigenvalue weighted by Crippen LogP contribution is 2.25. The van der Waals surface area contributed by atoms with Crippen molar-refractivity contribution in [3.63, 3.8) is 0 Å². The van der Waals surface area contributed by atoms with Gasteiger partial charge >= 0.3 is 6.36 Å². The first kappa shape index (κ1) is 18.5. The SMILES string of the molecule is Cc1nc(N(C)C)nc(C)c1NC(=O)c1cccc(OC(F)(F)F)c1. The molecule has 0 aliphatic rings. The van der Waals surface area contributed by atoms with Crippen molar-refractivity contribution in [1.82, 2.24) is 9.97 Å². The van der Waals surface area contributed by atoms with E-state index in [1.54, 1.807) is 32.8 Å². The van der Waals surface area contributed by atoms with E-state index in [9.17, 15) is 18.0 Å². The van der Waals surface area contributed by atoms with E-state index in [2.05, 4.69) is 20.0 Å². The number of amides is 1. The second-order valence-electron chi connectivity index (χ2n) is 5.49. The van der Waals surface area contributed by atoms with Gasteiger partial charge < -0.3 is 15.0 Å². The highest BCUT2D eigenvalue weighted by Gasteiger charge is 2.31. The van der Waals surface area contributed by atoms with Gasteiger partial charge in [-0.1, -0.05) is 6.07 Å². The summed E-state index contributed by atoms with van der Waals surface area (Å²) in [4.78, 5) is 22.6. The van der Waals surface area contributed by atoms with Crippen molar-refractivity contribution in [1.29, 1.82) is 0 Å². The van der Waals surface area contributed by atoms with E-state index < -0.39 is 18.0 Å². The van der Waals surface area contributed by atoms with Gasteiger partial charge in [0, 0.05) is 19.7 Å². The highest BCUT2D eigenvalue weighted by atomic mass is 19.4. The Balaban J connectivity index is 2.24. The molecule has 0 unspecified atom stereocenters. The molecule has 1 aromatic carbocycles. The average molecular weight is 354 g/mol. The van der Waals surface area contributed by atoms with Gasteiger partial charge in [-0.05, 0) is 32.0 Å². The number of nitrogens with one attached hydrogen (secondary N) is 1. The summed E-state index contributed by atoms with van der Waals surface area (Å²) in [6, 6.07) is 4.83. The maximum atomic E-state index is 12.3. The van der Waals surface area contributed by atoms with Crippen molar-refractivity contribution in [2.45, 2.75) is 20.2 Å². The Morgan fingerprint density at radius 3 is 2.28 bits per heavy atom. The number of anilines is 2. The van der Waals surface area contributed by atoms with Crippen LogP contribution in [0.5, 0.6) is 5.75 Å². The summed E-state index contributed by atoms with van der Waals surface area (Å²) in [5.74, 6) is -0.554. The fraction of sp³-hybridized carbons (Fsp3) is 0.312. The van der Waals surface area contributed by atoms with Crippen molar-refractivity contribution < 1.29 is 22.7 Å². The number of carbonyl (C=O) groups excluding carboxylic acids is 1. The molecule has 0 saturated heterocycles. The van der Waals surface area contributed by atoms with E-state index in [4.69, 9.17) is 0 Å². The summed E-state index contributed by atoms with van der Waals surface area (Å²) >= 11 is 0. The van der Waals surface area contributed by atoms with Gasteiger partial charge in [-0.25, -0.2) is 9.97 Å². The first-order valence-corrected chi connectivity index (χ1v) is 7.26. The maximum Gasteiger partial charge on any atom is 0.573 e. The minimum Gasteiger partial charge on any atom is -0.406 e. The van der Waals surface area contributed by atoms with Crippen LogP contribution in [0.1, 0.15) is 21.7 Å². The topological polar surface area (TPSA) is 67.4 Å². The second kappa shape index (κ2) is 6.96. The monoisotopic (exact) mass is 354 g/mol. The standard InChI is InChI=1S/C16H17F3N4O2/c1-9-13(10(2)21-15(20-9)23(3)4)22-14(24)11-6-5-7-12(8-11)25-16(17,18)19/h5-8H,1-4H3,(H,22,24). The molecule has 2 aromatic rings. The Kier molecular flexibility index (Phi) is 5.15. The van der Waals surface area contributed by atoms with Crippen molar-refractivity contribution in [2.75, 3.05) is 24.3 Å². The maximum absolute atomic E-state index is 12.3. The number of alkyl halides is 3. The third-order valence-corrected chi connectivity index (χ3v) is 3.23. The number of aromatic nitrogens is 2. The number of ether oxygens (including phenoxy) is 1. The van der Waals surface area contributed by atoms with E-state index >= 15 is 0 Å². The molecule has 0 aliphatic heterocycles. The average Bonchev–Trinajstić information content (AvgIpc) is 2.48. The number of carbonyl (C=O) groups is 1. The lowest BCUT2D eigenvalue weighted by Gasteiger charge is -2.16. The normalized spacial score (nSPS) is 11.2. The Labute approximate surface area is 142 Å². The Bertz CT molecular complexity index is 768. The lowest BCUT2D eigenvalue weighted by molar-refractivity contribution is -0.274. The Morgan fingerprint density at radius 1 is 1.16 bits per heavy atom. The number of halogens is 3. The van der Waals surface area contributed by atoms with Gasteiger partial charge in [-0.2, -0.15) is 0 Å². The predicted molar refractivity (Wildman–Crippen MR) is 86.9 cm³/mol. The van der Waals surface area contributed by atoms with Crippen molar-refractivity contribution in [3.8, 4) is 5.75 Å². The largest absolute Gasteiger partial charge is 0.573 e. The molecule has 25 heavy (non-hydrogen) atoms. The van der Waals surface area contributed by atoms with E-state index in [1.807, 2.05) is 0 Å². The van der Waals surface area contributed by atoms with Crippen molar-refractivity contribution in [3.05, 3.63) is 41.2 Å². The lowest BCUT2D eigenvalue weighted by atomic mass is 10.2. The summed E-state index contributed by atoms with van der Waals surface area (Å²) in [7, 11) is 3.58. The van der Waals surface area contributed by atoms with E-state index in [0.717, 1.165) is 12.1 Å². The smallest absolute Gasteiger partial charge is 0.406 e. The molecular formula is C16H17F3N4O2. The van der Waals surface area contributed by atoms with Crippen molar-refractivity contribution in [2.24, 2.45) is 0 Å². The predicted octanol–water partition coefficient (Wildman–Crippen LogP) is 3.31. The molecule has 1 aromatic heterocycles. The summed E-state index contributed by atoms with van der Waals surface area (Å²) in [5, 5.41) is 2.63. The molecule has 0 atom stereocenters. The molecule has 1 amide bonds. The first-order valence-electron chi connectivity index (χ1n) is 7.26. The fourth-order valence-electron chi connectivity index (χ4n) is 2.10. The molecular weight excluding hydrogens is 337 g/mol. The molecule has 0 bridgehead atoms. The third-order valence-electron chi connectivity index (χ3n) is 3.23. The Hall–Kier alpha value is -2.84. The second-order valence-corrected chi connectivity index (χ2v) is 5.49. The summed E-state index contributed by atoms with van der Waals surface area (Å²) in [6.45, 7) is 3.42. The summed E-state index contributed by atoms with van der Waals surface area (Å²) < 4.78 is 40.7. The molecule has 6 nitrogen and oxygen atoms in total. The lowest BCUT2D eigenvalue weighted by Crippen LogP contribution is -2.19. The number of benzene rings is 1. The van der Waals surface area contributed by atoms with Crippen LogP contribution in [0.15, 0.2) is 24.3 Å². The minimum atomic E-state index is -4.82.